The number of piperidine rings is 1. The fourth-order valence-corrected chi connectivity index (χ4v) is 3.57. The highest BCUT2D eigenvalue weighted by atomic mass is 32.2. The van der Waals surface area contributed by atoms with Crippen LogP contribution in [0.4, 0.5) is 13.2 Å². The number of carbonyl (C=O) groups is 1. The Labute approximate surface area is 163 Å². The number of hydrogen-bond donors (Lipinski definition) is 1. The second-order valence-corrected chi connectivity index (χ2v) is 8.31. The molecule has 0 spiro atoms. The van der Waals surface area contributed by atoms with Crippen molar-refractivity contribution in [2.24, 2.45) is 0 Å². The van der Waals surface area contributed by atoms with Crippen LogP contribution in [0.3, 0.4) is 0 Å². The lowest BCUT2D eigenvalue weighted by Crippen LogP contribution is -2.42. The van der Waals surface area contributed by atoms with Crippen molar-refractivity contribution in [3.8, 4) is 0 Å². The van der Waals surface area contributed by atoms with E-state index in [2.05, 4.69) is 14.4 Å². The molecule has 1 aromatic carbocycles. The number of likely N-dealkylation sites (tertiary alicyclic amines) is 1. The number of halogens is 3. The van der Waals surface area contributed by atoms with Crippen molar-refractivity contribution < 1.29 is 30.6 Å². The van der Waals surface area contributed by atoms with Gasteiger partial charge in [-0.1, -0.05) is 36.8 Å². The highest BCUT2D eigenvalue weighted by molar-refractivity contribution is 7.87. The number of carbonyl (C=O) groups excluding carboxylic acids is 1. The first-order chi connectivity index (χ1) is 13.2. The fraction of sp³-hybridized carbons (Fsp3) is 0.611. The molecule has 2 rings (SSSR count). The summed E-state index contributed by atoms with van der Waals surface area (Å²) in [6, 6.07) is 8.25. The lowest BCUT2D eigenvalue weighted by molar-refractivity contribution is -0.124. The molecule has 1 aliphatic rings. The zero-order chi connectivity index (χ0) is 20.6. The van der Waals surface area contributed by atoms with Crippen LogP contribution in [0.25, 0.3) is 0 Å². The van der Waals surface area contributed by atoms with Gasteiger partial charge in [-0.3, -0.25) is 4.79 Å². The molecule has 1 fully saturated rings. The molecule has 10 heteroatoms. The monoisotopic (exact) mass is 422 g/mol. The molecule has 0 aromatic heterocycles. The number of alkyl halides is 3. The van der Waals surface area contributed by atoms with Crippen LogP contribution in [0.5, 0.6) is 0 Å². The van der Waals surface area contributed by atoms with Crippen LogP contribution in [0.2, 0.25) is 0 Å². The maximum absolute atomic E-state index is 12.6. The van der Waals surface area contributed by atoms with Gasteiger partial charge in [-0.2, -0.15) is 21.6 Å². The highest BCUT2D eigenvalue weighted by Gasteiger charge is 2.48. The molecule has 0 aliphatic carbocycles. The largest absolute Gasteiger partial charge is 0.523 e. The van der Waals surface area contributed by atoms with Gasteiger partial charge in [0.1, 0.15) is 0 Å². The SMILES string of the molecule is O=C(CCCN1CCCCC1)N[C@@H](Cc1ccccc1)OS(=O)(=O)C(F)(F)F. The van der Waals surface area contributed by atoms with Gasteiger partial charge in [0, 0.05) is 12.8 Å². The van der Waals surface area contributed by atoms with E-state index < -0.39 is 27.8 Å². The van der Waals surface area contributed by atoms with E-state index in [-0.39, 0.29) is 12.8 Å². The minimum absolute atomic E-state index is 0.0806. The average Bonchev–Trinajstić information content (AvgIpc) is 2.62. The van der Waals surface area contributed by atoms with Gasteiger partial charge in [-0.15, -0.1) is 0 Å². The van der Waals surface area contributed by atoms with Crippen LogP contribution < -0.4 is 5.32 Å². The third kappa shape index (κ3) is 7.40. The van der Waals surface area contributed by atoms with E-state index in [1.807, 2.05) is 0 Å². The second kappa shape index (κ2) is 10.2. The Morgan fingerprint density at radius 3 is 2.39 bits per heavy atom. The van der Waals surface area contributed by atoms with Gasteiger partial charge in [-0.05, 0) is 44.5 Å². The smallest absolute Gasteiger partial charge is 0.329 e. The number of benzene rings is 1. The van der Waals surface area contributed by atoms with Crippen LogP contribution in [-0.4, -0.2) is 50.6 Å². The summed E-state index contributed by atoms with van der Waals surface area (Å²) in [6.07, 6.45) is 2.23. The van der Waals surface area contributed by atoms with E-state index >= 15 is 0 Å². The Bertz CT molecular complexity index is 720. The maximum atomic E-state index is 12.6. The minimum atomic E-state index is -5.82. The van der Waals surface area contributed by atoms with E-state index in [0.717, 1.165) is 32.5 Å². The molecule has 1 atom stereocenters. The molecular formula is C18H25F3N2O4S. The third-order valence-electron chi connectivity index (χ3n) is 4.44. The van der Waals surface area contributed by atoms with Gasteiger partial charge in [0.05, 0.1) is 0 Å². The van der Waals surface area contributed by atoms with Crippen molar-refractivity contribution in [3.05, 3.63) is 35.9 Å². The standard InChI is InChI=1S/C18H25F3N2O4S/c19-18(20,21)28(25,26)27-17(14-15-8-3-1-4-9-15)22-16(24)10-7-13-23-11-5-2-6-12-23/h1,3-4,8-9,17H,2,5-7,10-14H2,(H,22,24)/t17-/m1/s1. The van der Waals surface area contributed by atoms with Crippen molar-refractivity contribution in [2.45, 2.75) is 50.3 Å². The Hall–Kier alpha value is -1.65. The first kappa shape index (κ1) is 22.6. The maximum Gasteiger partial charge on any atom is 0.523 e. The van der Waals surface area contributed by atoms with Gasteiger partial charge in [-0.25, -0.2) is 4.18 Å². The summed E-state index contributed by atoms with van der Waals surface area (Å²) in [5, 5.41) is 2.27. The van der Waals surface area contributed by atoms with Crippen LogP contribution in [0, 0.1) is 0 Å². The van der Waals surface area contributed by atoms with E-state index in [4.69, 9.17) is 0 Å². The molecule has 0 saturated carbocycles. The van der Waals surface area contributed by atoms with Gasteiger partial charge in [0.15, 0.2) is 6.23 Å². The number of nitrogens with zero attached hydrogens (tertiary/aromatic N) is 1. The Kier molecular flexibility index (Phi) is 8.26. The molecular weight excluding hydrogens is 397 g/mol. The molecule has 1 saturated heterocycles. The number of nitrogens with one attached hydrogen (secondary N) is 1. The van der Waals surface area contributed by atoms with Crippen LogP contribution in [-0.2, 0) is 25.5 Å². The molecule has 6 nitrogen and oxygen atoms in total. The van der Waals surface area contributed by atoms with Gasteiger partial charge in [0.2, 0.25) is 5.91 Å². The summed E-state index contributed by atoms with van der Waals surface area (Å²) in [5.74, 6) is -0.546. The normalized spacial score (nSPS) is 17.2. The third-order valence-corrected chi connectivity index (χ3v) is 5.49. The summed E-state index contributed by atoms with van der Waals surface area (Å²) in [4.78, 5) is 14.4. The summed E-state index contributed by atoms with van der Waals surface area (Å²) in [7, 11) is -5.82. The molecule has 28 heavy (non-hydrogen) atoms. The zero-order valence-electron chi connectivity index (χ0n) is 15.5. The number of amides is 1. The predicted octanol–water partition coefficient (Wildman–Crippen LogP) is 2.80. The molecule has 0 bridgehead atoms. The van der Waals surface area contributed by atoms with E-state index in [9.17, 15) is 26.4 Å². The summed E-state index contributed by atoms with van der Waals surface area (Å²) >= 11 is 0. The molecule has 1 aromatic rings. The molecule has 0 unspecified atom stereocenters. The highest BCUT2D eigenvalue weighted by Crippen LogP contribution is 2.26. The first-order valence-corrected chi connectivity index (χ1v) is 10.6. The molecule has 158 valence electrons. The van der Waals surface area contributed by atoms with Crippen molar-refractivity contribution in [1.29, 1.82) is 0 Å². The van der Waals surface area contributed by atoms with Gasteiger partial charge < -0.3 is 10.2 Å². The lowest BCUT2D eigenvalue weighted by Gasteiger charge is -2.26. The van der Waals surface area contributed by atoms with Crippen molar-refractivity contribution in [1.82, 2.24) is 10.2 Å². The van der Waals surface area contributed by atoms with E-state index in [0.29, 0.717) is 12.0 Å². The molecule has 1 aliphatic heterocycles. The van der Waals surface area contributed by atoms with E-state index in [1.54, 1.807) is 30.3 Å². The second-order valence-electron chi connectivity index (χ2n) is 6.75. The quantitative estimate of drug-likeness (QED) is 0.376. The zero-order valence-corrected chi connectivity index (χ0v) is 16.3. The number of hydrogen-bond acceptors (Lipinski definition) is 5. The molecule has 1 amide bonds. The van der Waals surface area contributed by atoms with Crippen molar-refractivity contribution >= 4 is 16.0 Å². The lowest BCUT2D eigenvalue weighted by atomic mass is 10.1. The number of rotatable bonds is 9. The molecule has 1 N–H and O–H groups in total. The molecule has 1 heterocycles. The summed E-state index contributed by atoms with van der Waals surface area (Å²) in [5.41, 5.74) is -5.01. The van der Waals surface area contributed by atoms with Crippen LogP contribution in [0.15, 0.2) is 30.3 Å². The Balaban J connectivity index is 1.93. The predicted molar refractivity (Wildman–Crippen MR) is 97.7 cm³/mol. The van der Waals surface area contributed by atoms with Crippen LogP contribution >= 0.6 is 0 Å². The fourth-order valence-electron chi connectivity index (χ4n) is 3.04. The summed E-state index contributed by atoms with van der Waals surface area (Å²) < 4.78 is 64.9. The average molecular weight is 422 g/mol. The van der Waals surface area contributed by atoms with Gasteiger partial charge >= 0.3 is 15.6 Å². The Morgan fingerprint density at radius 1 is 1.14 bits per heavy atom. The van der Waals surface area contributed by atoms with Gasteiger partial charge in [0.25, 0.3) is 0 Å². The Morgan fingerprint density at radius 2 is 1.79 bits per heavy atom. The van der Waals surface area contributed by atoms with E-state index in [1.165, 1.54) is 6.42 Å². The van der Waals surface area contributed by atoms with Crippen LogP contribution in [0.1, 0.15) is 37.7 Å². The van der Waals surface area contributed by atoms with Crippen molar-refractivity contribution in [2.75, 3.05) is 19.6 Å². The molecule has 0 radical (unpaired) electrons. The first-order valence-electron chi connectivity index (χ1n) is 9.22. The topological polar surface area (TPSA) is 75.7 Å². The minimum Gasteiger partial charge on any atom is -0.329 e. The summed E-state index contributed by atoms with van der Waals surface area (Å²) in [6.45, 7) is 2.68. The van der Waals surface area contributed by atoms with Crippen molar-refractivity contribution in [3.63, 3.8) is 0 Å².